The summed E-state index contributed by atoms with van der Waals surface area (Å²) in [6, 6.07) is 10.2. The number of halogens is 1. The minimum atomic E-state index is -0.238. The predicted molar refractivity (Wildman–Crippen MR) is 66.6 cm³/mol. The van der Waals surface area contributed by atoms with Crippen molar-refractivity contribution in [2.75, 3.05) is 5.73 Å². The normalized spacial score (nSPS) is 10.9. The molecule has 18 heavy (non-hydrogen) atoms. The van der Waals surface area contributed by atoms with Crippen molar-refractivity contribution >= 4 is 11.3 Å². The second-order valence-electron chi connectivity index (χ2n) is 4.08. The van der Waals surface area contributed by atoms with E-state index in [2.05, 4.69) is 10.2 Å². The van der Waals surface area contributed by atoms with Crippen LogP contribution in [0, 0.1) is 5.82 Å². The second-order valence-corrected chi connectivity index (χ2v) is 4.08. The number of nitrogen functional groups attached to an aromatic ring is 1. The summed E-state index contributed by atoms with van der Waals surface area (Å²) in [5.41, 5.74) is 7.64. The van der Waals surface area contributed by atoms with Gasteiger partial charge in [-0.15, -0.1) is 10.2 Å². The number of hydrogen-bond donors (Lipinski definition) is 1. The van der Waals surface area contributed by atoms with Gasteiger partial charge in [-0.3, -0.25) is 4.40 Å². The molecule has 0 aliphatic carbocycles. The van der Waals surface area contributed by atoms with Gasteiger partial charge in [0.05, 0.1) is 0 Å². The average Bonchev–Trinajstić information content (AvgIpc) is 2.75. The fourth-order valence-electron chi connectivity index (χ4n) is 1.89. The second kappa shape index (κ2) is 4.10. The lowest BCUT2D eigenvalue weighted by molar-refractivity contribution is 0.611. The van der Waals surface area contributed by atoms with E-state index < -0.39 is 0 Å². The van der Waals surface area contributed by atoms with E-state index in [0.29, 0.717) is 29.1 Å². The zero-order chi connectivity index (χ0) is 12.5. The van der Waals surface area contributed by atoms with Crippen LogP contribution >= 0.6 is 0 Å². The summed E-state index contributed by atoms with van der Waals surface area (Å²) in [6.45, 7) is 0. The van der Waals surface area contributed by atoms with Gasteiger partial charge in [0, 0.05) is 18.3 Å². The monoisotopic (exact) mass is 242 g/mol. The molecule has 90 valence electrons. The van der Waals surface area contributed by atoms with Crippen LogP contribution in [0.1, 0.15) is 11.4 Å². The van der Waals surface area contributed by atoms with Gasteiger partial charge in [-0.2, -0.15) is 0 Å². The van der Waals surface area contributed by atoms with E-state index in [4.69, 9.17) is 5.73 Å². The third-order valence-electron chi connectivity index (χ3n) is 2.80. The molecule has 0 spiro atoms. The summed E-state index contributed by atoms with van der Waals surface area (Å²) in [4.78, 5) is 0. The van der Waals surface area contributed by atoms with Crippen molar-refractivity contribution in [3.63, 3.8) is 0 Å². The molecule has 4 nitrogen and oxygen atoms in total. The maximum Gasteiger partial charge on any atom is 0.160 e. The summed E-state index contributed by atoms with van der Waals surface area (Å²) < 4.78 is 15.4. The largest absolute Gasteiger partial charge is 0.398 e. The Kier molecular flexibility index (Phi) is 2.44. The van der Waals surface area contributed by atoms with Crippen molar-refractivity contribution in [3.8, 4) is 0 Å². The van der Waals surface area contributed by atoms with Crippen LogP contribution in [-0.2, 0) is 6.42 Å². The molecule has 0 aliphatic rings. The smallest absolute Gasteiger partial charge is 0.160 e. The summed E-state index contributed by atoms with van der Waals surface area (Å²) in [5.74, 6) is 0.431. The lowest BCUT2D eigenvalue weighted by atomic mass is 10.1. The van der Waals surface area contributed by atoms with Crippen LogP contribution in [0.5, 0.6) is 0 Å². The number of anilines is 1. The molecule has 0 amide bonds. The fraction of sp³-hybridized carbons (Fsp3) is 0.0769. The Morgan fingerprint density at radius 2 is 1.94 bits per heavy atom. The first-order valence-corrected chi connectivity index (χ1v) is 5.56. The minimum Gasteiger partial charge on any atom is -0.398 e. The first-order chi connectivity index (χ1) is 8.74. The highest BCUT2D eigenvalue weighted by molar-refractivity contribution is 5.47. The van der Waals surface area contributed by atoms with Crippen LogP contribution in [0.25, 0.3) is 5.65 Å². The summed E-state index contributed by atoms with van der Waals surface area (Å²) in [7, 11) is 0. The zero-order valence-corrected chi connectivity index (χ0v) is 9.55. The highest BCUT2D eigenvalue weighted by atomic mass is 19.1. The molecule has 0 aliphatic heterocycles. The number of rotatable bonds is 2. The predicted octanol–water partition coefficient (Wildman–Crippen LogP) is 2.04. The van der Waals surface area contributed by atoms with E-state index in [1.54, 1.807) is 40.9 Å². The summed E-state index contributed by atoms with van der Waals surface area (Å²) in [5, 5.41) is 8.08. The van der Waals surface area contributed by atoms with Crippen LogP contribution in [0.3, 0.4) is 0 Å². The molecule has 1 aromatic carbocycles. The number of fused-ring (bicyclic) bond motifs is 1. The van der Waals surface area contributed by atoms with E-state index in [9.17, 15) is 4.39 Å². The number of aromatic nitrogens is 3. The molecule has 2 N–H and O–H groups in total. The third kappa shape index (κ3) is 1.79. The molecule has 0 saturated heterocycles. The highest BCUT2D eigenvalue weighted by Gasteiger charge is 2.09. The van der Waals surface area contributed by atoms with E-state index >= 15 is 0 Å². The van der Waals surface area contributed by atoms with Crippen molar-refractivity contribution in [1.29, 1.82) is 0 Å². The van der Waals surface area contributed by atoms with Crippen LogP contribution in [0.15, 0.2) is 42.6 Å². The molecule has 0 bridgehead atoms. The molecule has 0 atom stereocenters. The maximum absolute atomic E-state index is 13.6. The summed E-state index contributed by atoms with van der Waals surface area (Å²) >= 11 is 0. The van der Waals surface area contributed by atoms with Gasteiger partial charge < -0.3 is 5.73 Å². The summed E-state index contributed by atoms with van der Waals surface area (Å²) in [6.07, 6.45) is 2.13. The Morgan fingerprint density at radius 3 is 2.78 bits per heavy atom. The third-order valence-corrected chi connectivity index (χ3v) is 2.80. The molecule has 2 aromatic heterocycles. The van der Waals surface area contributed by atoms with Crippen molar-refractivity contribution in [1.82, 2.24) is 14.6 Å². The molecule has 0 radical (unpaired) electrons. The van der Waals surface area contributed by atoms with Gasteiger partial charge >= 0.3 is 0 Å². The van der Waals surface area contributed by atoms with Crippen molar-refractivity contribution < 1.29 is 4.39 Å². The van der Waals surface area contributed by atoms with Crippen LogP contribution in [0.2, 0.25) is 0 Å². The average molecular weight is 242 g/mol. The first kappa shape index (κ1) is 10.7. The van der Waals surface area contributed by atoms with Gasteiger partial charge in [0.25, 0.3) is 0 Å². The van der Waals surface area contributed by atoms with Gasteiger partial charge in [0.1, 0.15) is 11.6 Å². The van der Waals surface area contributed by atoms with Gasteiger partial charge in [-0.05, 0) is 23.8 Å². The van der Waals surface area contributed by atoms with Gasteiger partial charge in [0.2, 0.25) is 0 Å². The standard InChI is InChI=1S/C13H11FN4/c14-11-4-2-1-3-9(11)7-13-17-16-12-6-5-10(15)8-18(12)13/h1-6,8H,7,15H2. The number of hydrogen-bond acceptors (Lipinski definition) is 3. The molecule has 0 unspecified atom stereocenters. The number of nitrogens with zero attached hydrogens (tertiary/aromatic N) is 3. The number of nitrogens with two attached hydrogens (primary N) is 1. The molecular weight excluding hydrogens is 231 g/mol. The Morgan fingerprint density at radius 1 is 1.11 bits per heavy atom. The Labute approximate surface area is 103 Å². The maximum atomic E-state index is 13.6. The van der Waals surface area contributed by atoms with Crippen molar-refractivity contribution in [2.45, 2.75) is 6.42 Å². The zero-order valence-electron chi connectivity index (χ0n) is 9.55. The fourth-order valence-corrected chi connectivity index (χ4v) is 1.89. The molecule has 2 heterocycles. The molecule has 0 fully saturated rings. The van der Waals surface area contributed by atoms with Crippen LogP contribution < -0.4 is 5.73 Å². The molecule has 5 heteroatoms. The van der Waals surface area contributed by atoms with Gasteiger partial charge in [-0.25, -0.2) is 4.39 Å². The molecule has 3 aromatic rings. The van der Waals surface area contributed by atoms with Crippen LogP contribution in [0.4, 0.5) is 10.1 Å². The first-order valence-electron chi connectivity index (χ1n) is 5.56. The van der Waals surface area contributed by atoms with E-state index in [0.717, 1.165) is 0 Å². The Balaban J connectivity index is 2.05. The topological polar surface area (TPSA) is 56.2 Å². The van der Waals surface area contributed by atoms with E-state index in [-0.39, 0.29) is 5.82 Å². The van der Waals surface area contributed by atoms with E-state index in [1.165, 1.54) is 6.07 Å². The molecule has 0 saturated carbocycles. The number of pyridine rings is 1. The SMILES string of the molecule is Nc1ccc2nnc(Cc3ccccc3F)n2c1. The lowest BCUT2D eigenvalue weighted by Crippen LogP contribution is -1.99. The van der Waals surface area contributed by atoms with Crippen molar-refractivity contribution in [2.24, 2.45) is 0 Å². The minimum absolute atomic E-state index is 0.238. The van der Waals surface area contributed by atoms with Gasteiger partial charge in [0.15, 0.2) is 5.65 Å². The number of benzene rings is 1. The lowest BCUT2D eigenvalue weighted by Gasteiger charge is -2.02. The molecular formula is C13H11FN4. The Hall–Kier alpha value is -2.43. The van der Waals surface area contributed by atoms with Crippen LogP contribution in [-0.4, -0.2) is 14.6 Å². The van der Waals surface area contributed by atoms with Crippen molar-refractivity contribution in [3.05, 3.63) is 59.8 Å². The molecule has 3 rings (SSSR count). The quantitative estimate of drug-likeness (QED) is 0.748. The Bertz CT molecular complexity index is 705. The van der Waals surface area contributed by atoms with Gasteiger partial charge in [-0.1, -0.05) is 18.2 Å². The van der Waals surface area contributed by atoms with E-state index in [1.807, 2.05) is 0 Å². The highest BCUT2D eigenvalue weighted by Crippen LogP contribution is 2.14.